The van der Waals surface area contributed by atoms with Gasteiger partial charge in [0, 0.05) is 24.3 Å². The van der Waals surface area contributed by atoms with E-state index in [1.165, 1.54) is 0 Å². The summed E-state index contributed by atoms with van der Waals surface area (Å²) in [6.07, 6.45) is 6.25. The maximum absolute atomic E-state index is 12.1. The number of aliphatic imine (C=N–C) groups is 1. The van der Waals surface area contributed by atoms with Gasteiger partial charge in [-0.3, -0.25) is 9.79 Å². The van der Waals surface area contributed by atoms with Crippen LogP contribution in [0.15, 0.2) is 16.6 Å². The van der Waals surface area contributed by atoms with E-state index in [9.17, 15) is 4.79 Å². The van der Waals surface area contributed by atoms with Gasteiger partial charge in [0.05, 0.1) is 5.54 Å². The summed E-state index contributed by atoms with van der Waals surface area (Å²) in [4.78, 5) is 16.9. The molecule has 0 aromatic heterocycles. The molecule has 0 radical (unpaired) electrons. The highest BCUT2D eigenvalue weighted by molar-refractivity contribution is 6.25. The monoisotopic (exact) mass is 249 g/mol. The largest absolute Gasteiger partial charge is 0.396 e. The molecule has 2 rings (SSSR count). The zero-order valence-electron chi connectivity index (χ0n) is 11.6. The van der Waals surface area contributed by atoms with Crippen molar-refractivity contribution in [1.29, 1.82) is 0 Å². The summed E-state index contributed by atoms with van der Waals surface area (Å²) in [5.41, 5.74) is 1.68. The minimum atomic E-state index is -0.226. The van der Waals surface area contributed by atoms with Crippen LogP contribution < -0.4 is 0 Å². The van der Waals surface area contributed by atoms with E-state index < -0.39 is 0 Å². The number of aliphatic hydroxyl groups is 1. The molecule has 1 aliphatic carbocycles. The number of aliphatic hydroxyl groups excluding tert-OH is 1. The highest BCUT2D eigenvalue weighted by atomic mass is 16.2. The third kappa shape index (κ3) is 2.72. The molecule has 3 heteroatoms. The van der Waals surface area contributed by atoms with Crippen molar-refractivity contribution in [1.82, 2.24) is 0 Å². The minimum absolute atomic E-state index is 0.0452. The number of Topliss-reactive ketones (excluding diaryl/α,β-unsaturated/α-hetero) is 1. The summed E-state index contributed by atoms with van der Waals surface area (Å²) in [6.45, 7) is 6.58. The maximum Gasteiger partial charge on any atom is 0.165 e. The van der Waals surface area contributed by atoms with Gasteiger partial charge in [-0.05, 0) is 44.1 Å². The maximum atomic E-state index is 12.1. The van der Waals surface area contributed by atoms with E-state index in [1.54, 1.807) is 0 Å². The number of fused-ring (bicyclic) bond motifs is 1. The predicted molar refractivity (Wildman–Crippen MR) is 72.9 cm³/mol. The van der Waals surface area contributed by atoms with Gasteiger partial charge in [0.2, 0.25) is 0 Å². The second kappa shape index (κ2) is 4.61. The third-order valence-corrected chi connectivity index (χ3v) is 3.83. The molecule has 0 saturated heterocycles. The fourth-order valence-electron chi connectivity index (χ4n) is 2.94. The molecule has 1 aliphatic heterocycles. The van der Waals surface area contributed by atoms with Crippen LogP contribution in [0.1, 0.15) is 52.9 Å². The van der Waals surface area contributed by atoms with E-state index in [0.717, 1.165) is 37.0 Å². The van der Waals surface area contributed by atoms with E-state index in [4.69, 9.17) is 10.1 Å². The third-order valence-electron chi connectivity index (χ3n) is 3.83. The molecule has 18 heavy (non-hydrogen) atoms. The Bertz CT molecular complexity index is 420. The van der Waals surface area contributed by atoms with E-state index in [0.29, 0.717) is 6.42 Å². The summed E-state index contributed by atoms with van der Waals surface area (Å²) < 4.78 is 0. The normalized spacial score (nSPS) is 29.9. The van der Waals surface area contributed by atoms with Crippen molar-refractivity contribution in [3.63, 3.8) is 0 Å². The summed E-state index contributed by atoms with van der Waals surface area (Å²) in [5.74, 6) is 0.246. The highest BCUT2D eigenvalue weighted by Gasteiger charge is 2.40. The van der Waals surface area contributed by atoms with Crippen LogP contribution in [0.3, 0.4) is 0 Å². The van der Waals surface area contributed by atoms with Crippen molar-refractivity contribution >= 4 is 11.5 Å². The first-order valence-electron chi connectivity index (χ1n) is 6.81. The average molecular weight is 249 g/mol. The van der Waals surface area contributed by atoms with Crippen LogP contribution in [0.2, 0.25) is 0 Å². The Labute approximate surface area is 109 Å². The topological polar surface area (TPSA) is 49.7 Å². The number of nitrogens with zero attached hydrogens (tertiary/aromatic N) is 1. The second-order valence-corrected chi connectivity index (χ2v) is 6.60. The molecule has 1 N–H and O–H groups in total. The number of hydrogen-bond acceptors (Lipinski definition) is 3. The minimum Gasteiger partial charge on any atom is -0.396 e. The zero-order valence-corrected chi connectivity index (χ0v) is 11.6. The molecule has 1 fully saturated rings. The zero-order chi connectivity index (χ0) is 13.4. The first-order valence-corrected chi connectivity index (χ1v) is 6.81. The van der Waals surface area contributed by atoms with Crippen molar-refractivity contribution < 1.29 is 9.90 Å². The van der Waals surface area contributed by atoms with Crippen LogP contribution >= 0.6 is 0 Å². The van der Waals surface area contributed by atoms with Gasteiger partial charge in [-0.25, -0.2) is 0 Å². The molecule has 1 saturated carbocycles. The van der Waals surface area contributed by atoms with E-state index in [1.807, 2.05) is 0 Å². The molecule has 100 valence electrons. The molecule has 1 heterocycles. The Kier molecular flexibility index (Phi) is 3.45. The van der Waals surface area contributed by atoms with E-state index >= 15 is 0 Å². The quantitative estimate of drug-likeness (QED) is 0.779. The Morgan fingerprint density at radius 1 is 1.28 bits per heavy atom. The van der Waals surface area contributed by atoms with Crippen molar-refractivity contribution in [2.75, 3.05) is 6.61 Å². The second-order valence-electron chi connectivity index (χ2n) is 6.60. The molecule has 0 aromatic rings. The molecular weight excluding hydrogens is 226 g/mol. The standard InChI is InChI=1S/C15H23NO2/c1-14(2)9-12-11(13(18)10-14)8-15(3,16-12)6-4-5-7-17/h8,17H,4-7,9-10H2,1-3H3. The van der Waals surface area contributed by atoms with Gasteiger partial charge in [-0.1, -0.05) is 13.8 Å². The number of allylic oxidation sites excluding steroid dienone is 1. The Hall–Kier alpha value is -0.960. The Balaban J connectivity index is 2.16. The summed E-state index contributed by atoms with van der Waals surface area (Å²) in [7, 11) is 0. The van der Waals surface area contributed by atoms with Gasteiger partial charge in [-0.15, -0.1) is 0 Å². The summed E-state index contributed by atoms with van der Waals surface area (Å²) in [5, 5.41) is 8.84. The molecule has 0 bridgehead atoms. The molecule has 1 atom stereocenters. The number of carbonyl (C=O) groups is 1. The van der Waals surface area contributed by atoms with Crippen molar-refractivity contribution in [2.45, 2.75) is 58.4 Å². The number of unbranched alkanes of at least 4 members (excludes halogenated alkanes) is 1. The van der Waals surface area contributed by atoms with Crippen LogP contribution in [0.4, 0.5) is 0 Å². The lowest BCUT2D eigenvalue weighted by molar-refractivity contribution is -0.117. The highest BCUT2D eigenvalue weighted by Crippen LogP contribution is 2.40. The van der Waals surface area contributed by atoms with Gasteiger partial charge in [-0.2, -0.15) is 0 Å². The SMILES string of the molecule is CC1(C)CC(=O)C2=CC(C)(CCCCO)N=C2C1. The fraction of sp³-hybridized carbons (Fsp3) is 0.733. The van der Waals surface area contributed by atoms with Crippen molar-refractivity contribution in [2.24, 2.45) is 10.4 Å². The number of hydrogen-bond donors (Lipinski definition) is 1. The van der Waals surface area contributed by atoms with Crippen LogP contribution in [0, 0.1) is 5.41 Å². The first-order chi connectivity index (χ1) is 8.35. The lowest BCUT2D eigenvalue weighted by atomic mass is 9.74. The van der Waals surface area contributed by atoms with Crippen LogP contribution in [-0.2, 0) is 4.79 Å². The first kappa shape index (κ1) is 13.5. The van der Waals surface area contributed by atoms with Crippen molar-refractivity contribution in [3.05, 3.63) is 11.6 Å². The molecule has 2 aliphatic rings. The molecular formula is C15H23NO2. The van der Waals surface area contributed by atoms with E-state index in [-0.39, 0.29) is 23.3 Å². The Morgan fingerprint density at radius 3 is 2.67 bits per heavy atom. The number of ketones is 1. The lowest BCUT2D eigenvalue weighted by Gasteiger charge is -2.29. The van der Waals surface area contributed by atoms with Gasteiger partial charge in [0.15, 0.2) is 5.78 Å². The average Bonchev–Trinajstić information content (AvgIpc) is 2.54. The summed E-state index contributed by atoms with van der Waals surface area (Å²) >= 11 is 0. The molecule has 1 unspecified atom stereocenters. The molecule has 0 amide bonds. The van der Waals surface area contributed by atoms with Crippen LogP contribution in [0.25, 0.3) is 0 Å². The molecule has 0 spiro atoms. The van der Waals surface area contributed by atoms with Gasteiger partial charge in [0.25, 0.3) is 0 Å². The van der Waals surface area contributed by atoms with Crippen molar-refractivity contribution in [3.8, 4) is 0 Å². The van der Waals surface area contributed by atoms with Crippen LogP contribution in [-0.4, -0.2) is 28.7 Å². The predicted octanol–water partition coefficient (Wildman–Crippen LogP) is 2.68. The Morgan fingerprint density at radius 2 is 2.00 bits per heavy atom. The van der Waals surface area contributed by atoms with Gasteiger partial charge in [0.1, 0.15) is 0 Å². The molecule has 0 aromatic carbocycles. The smallest absolute Gasteiger partial charge is 0.165 e. The summed E-state index contributed by atoms with van der Waals surface area (Å²) in [6, 6.07) is 0. The number of carbonyl (C=O) groups excluding carboxylic acids is 1. The lowest BCUT2D eigenvalue weighted by Crippen LogP contribution is -2.30. The van der Waals surface area contributed by atoms with Crippen LogP contribution in [0.5, 0.6) is 0 Å². The van der Waals surface area contributed by atoms with Gasteiger partial charge < -0.3 is 5.11 Å². The number of rotatable bonds is 4. The van der Waals surface area contributed by atoms with Gasteiger partial charge >= 0.3 is 0 Å². The molecule has 3 nitrogen and oxygen atoms in total. The van der Waals surface area contributed by atoms with E-state index in [2.05, 4.69) is 26.8 Å². The fourth-order valence-corrected chi connectivity index (χ4v) is 2.94.